The molecule has 6 nitrogen and oxygen atoms in total. The van der Waals surface area contributed by atoms with Crippen LogP contribution >= 0.6 is 0 Å². The molecule has 0 radical (unpaired) electrons. The van der Waals surface area contributed by atoms with Gasteiger partial charge in [-0.25, -0.2) is 4.79 Å². The van der Waals surface area contributed by atoms with Crippen molar-refractivity contribution in [3.8, 4) is 5.75 Å². The molecular formula is C31H28N2O4. The Bertz CT molecular complexity index is 1360. The van der Waals surface area contributed by atoms with Gasteiger partial charge >= 0.3 is 5.97 Å². The minimum absolute atomic E-state index is 0.0379. The molecule has 0 N–H and O–H groups in total. The van der Waals surface area contributed by atoms with Gasteiger partial charge in [0.25, 0.3) is 5.69 Å². The van der Waals surface area contributed by atoms with Crippen molar-refractivity contribution in [3.05, 3.63) is 99.6 Å². The maximum absolute atomic E-state index is 13.1. The van der Waals surface area contributed by atoms with E-state index in [1.807, 2.05) is 12.1 Å². The van der Waals surface area contributed by atoms with Gasteiger partial charge in [0.05, 0.1) is 4.92 Å². The zero-order valence-electron chi connectivity index (χ0n) is 20.5. The summed E-state index contributed by atoms with van der Waals surface area (Å²) in [7, 11) is 0. The van der Waals surface area contributed by atoms with Crippen LogP contribution in [0.4, 0.5) is 17.1 Å². The van der Waals surface area contributed by atoms with E-state index >= 15 is 0 Å². The Balaban J connectivity index is 1.26. The fourth-order valence-electron chi connectivity index (χ4n) is 7.63. The third-order valence-electron chi connectivity index (χ3n) is 8.80. The second kappa shape index (κ2) is 8.58. The molecule has 3 aromatic rings. The van der Waals surface area contributed by atoms with Gasteiger partial charge in [-0.1, -0.05) is 42.0 Å². The molecule has 6 heteroatoms. The molecule has 1 aliphatic heterocycles. The van der Waals surface area contributed by atoms with E-state index in [0.717, 1.165) is 23.2 Å². The van der Waals surface area contributed by atoms with Crippen molar-refractivity contribution in [3.63, 3.8) is 0 Å². The SMILES string of the molecule is O=C(CN1c2ccccc2C(=C2C3CC4CC(C3)CC2C4)c2ccccc21)Oc1ccc([N+](=O)[O-])cc1. The zero-order chi connectivity index (χ0) is 25.1. The first-order valence-corrected chi connectivity index (χ1v) is 13.2. The monoisotopic (exact) mass is 492 g/mol. The zero-order valence-corrected chi connectivity index (χ0v) is 20.5. The predicted molar refractivity (Wildman–Crippen MR) is 142 cm³/mol. The summed E-state index contributed by atoms with van der Waals surface area (Å²) in [6.45, 7) is 0.0463. The summed E-state index contributed by atoms with van der Waals surface area (Å²) in [6, 6.07) is 22.5. The number of benzene rings is 3. The van der Waals surface area contributed by atoms with Crippen LogP contribution in [0.3, 0.4) is 0 Å². The highest BCUT2D eigenvalue weighted by molar-refractivity contribution is 6.01. The Morgan fingerprint density at radius 3 is 1.89 bits per heavy atom. The standard InChI is InChI=1S/C31H28N2O4/c34-29(37-24-11-9-23(10-12-24)33(35)36)18-32-27-7-3-1-5-25(27)31(26-6-2-4-8-28(26)32)30-21-14-19-13-20(16-21)17-22(30)15-19/h1-12,19-22H,13-18H2. The smallest absolute Gasteiger partial charge is 0.331 e. The molecule has 0 unspecified atom stereocenters. The van der Waals surface area contributed by atoms with E-state index in [0.29, 0.717) is 17.6 Å². The van der Waals surface area contributed by atoms with Gasteiger partial charge in [-0.3, -0.25) is 10.1 Å². The molecule has 4 fully saturated rings. The van der Waals surface area contributed by atoms with Crippen molar-refractivity contribution in [1.29, 1.82) is 0 Å². The molecule has 0 saturated heterocycles. The summed E-state index contributed by atoms with van der Waals surface area (Å²) in [5.74, 6) is 3.02. The van der Waals surface area contributed by atoms with E-state index in [4.69, 9.17) is 4.74 Å². The van der Waals surface area contributed by atoms with E-state index in [1.165, 1.54) is 73.1 Å². The van der Waals surface area contributed by atoms with E-state index in [1.54, 1.807) is 5.57 Å². The van der Waals surface area contributed by atoms with Gasteiger partial charge in [0, 0.05) is 34.6 Å². The van der Waals surface area contributed by atoms with Crippen molar-refractivity contribution in [2.45, 2.75) is 32.1 Å². The summed E-state index contributed by atoms with van der Waals surface area (Å²) in [5.41, 5.74) is 7.46. The molecule has 37 heavy (non-hydrogen) atoms. The molecule has 4 saturated carbocycles. The number of nitrogens with zero attached hydrogens (tertiary/aromatic N) is 2. The maximum atomic E-state index is 13.1. The Kier molecular flexibility index (Phi) is 5.17. The van der Waals surface area contributed by atoms with Gasteiger partial charge in [0.2, 0.25) is 0 Å². The van der Waals surface area contributed by atoms with Crippen LogP contribution < -0.4 is 9.64 Å². The minimum atomic E-state index is -0.469. The number of esters is 1. The summed E-state index contributed by atoms with van der Waals surface area (Å²) in [6.07, 6.45) is 6.71. The van der Waals surface area contributed by atoms with Gasteiger partial charge in [-0.05, 0) is 85.6 Å². The van der Waals surface area contributed by atoms with Crippen molar-refractivity contribution in [2.24, 2.45) is 23.7 Å². The number of anilines is 2. The average molecular weight is 493 g/mol. The van der Waals surface area contributed by atoms with Crippen molar-refractivity contribution < 1.29 is 14.5 Å². The third kappa shape index (κ3) is 3.74. The number of nitro benzene ring substituents is 1. The lowest BCUT2D eigenvalue weighted by Crippen LogP contribution is -2.41. The van der Waals surface area contributed by atoms with Crippen LogP contribution in [0, 0.1) is 33.8 Å². The average Bonchev–Trinajstić information content (AvgIpc) is 2.89. The van der Waals surface area contributed by atoms with Crippen LogP contribution in [0.25, 0.3) is 5.57 Å². The van der Waals surface area contributed by atoms with E-state index in [-0.39, 0.29) is 12.2 Å². The molecule has 3 aromatic carbocycles. The lowest BCUT2D eigenvalue weighted by atomic mass is 9.53. The van der Waals surface area contributed by atoms with Crippen molar-refractivity contribution >= 4 is 28.6 Å². The first-order chi connectivity index (χ1) is 18.0. The number of rotatable bonds is 4. The van der Waals surface area contributed by atoms with Crippen LogP contribution in [-0.4, -0.2) is 17.4 Å². The predicted octanol–water partition coefficient (Wildman–Crippen LogP) is 6.91. The molecule has 0 spiro atoms. The van der Waals surface area contributed by atoms with Gasteiger partial charge in [0.15, 0.2) is 0 Å². The van der Waals surface area contributed by atoms with Crippen LogP contribution in [-0.2, 0) is 4.79 Å². The number of fused-ring (bicyclic) bond motifs is 2. The van der Waals surface area contributed by atoms with Gasteiger partial charge < -0.3 is 9.64 Å². The van der Waals surface area contributed by atoms with Crippen molar-refractivity contribution in [2.75, 3.05) is 11.4 Å². The highest BCUT2D eigenvalue weighted by Gasteiger charge is 2.47. The molecule has 186 valence electrons. The van der Waals surface area contributed by atoms with Gasteiger partial charge in [0.1, 0.15) is 12.3 Å². The molecule has 4 bridgehead atoms. The third-order valence-corrected chi connectivity index (χ3v) is 8.80. The first-order valence-electron chi connectivity index (χ1n) is 13.2. The quantitative estimate of drug-likeness (QED) is 0.171. The highest BCUT2D eigenvalue weighted by atomic mass is 16.6. The summed E-state index contributed by atoms with van der Waals surface area (Å²) in [5, 5.41) is 10.9. The second-order valence-corrected chi connectivity index (χ2v) is 11.0. The lowest BCUT2D eigenvalue weighted by molar-refractivity contribution is -0.384. The summed E-state index contributed by atoms with van der Waals surface area (Å²) < 4.78 is 5.59. The van der Waals surface area contributed by atoms with E-state index in [9.17, 15) is 14.9 Å². The number of non-ortho nitro benzene ring substituents is 1. The van der Waals surface area contributed by atoms with Gasteiger partial charge in [-0.2, -0.15) is 0 Å². The normalized spacial score (nSPS) is 25.0. The number of carbonyl (C=O) groups excluding carboxylic acids is 1. The number of ether oxygens (including phenoxy) is 1. The molecule has 4 aliphatic carbocycles. The van der Waals surface area contributed by atoms with E-state index < -0.39 is 10.9 Å². The lowest BCUT2D eigenvalue weighted by Gasteiger charge is -2.53. The largest absolute Gasteiger partial charge is 0.425 e. The molecule has 0 amide bonds. The number of para-hydroxylation sites is 2. The first kappa shape index (κ1) is 22.3. The maximum Gasteiger partial charge on any atom is 0.331 e. The topological polar surface area (TPSA) is 72.7 Å². The molecule has 0 aromatic heterocycles. The highest BCUT2D eigenvalue weighted by Crippen LogP contribution is 2.60. The second-order valence-electron chi connectivity index (χ2n) is 11.0. The van der Waals surface area contributed by atoms with Gasteiger partial charge in [-0.15, -0.1) is 0 Å². The Hall–Kier alpha value is -3.93. The Morgan fingerprint density at radius 2 is 1.35 bits per heavy atom. The summed E-state index contributed by atoms with van der Waals surface area (Å²) in [4.78, 5) is 25.6. The Morgan fingerprint density at radius 1 is 0.811 bits per heavy atom. The van der Waals surface area contributed by atoms with Crippen LogP contribution in [0.1, 0.15) is 43.2 Å². The van der Waals surface area contributed by atoms with Crippen LogP contribution in [0.15, 0.2) is 78.4 Å². The fraction of sp³-hybridized carbons (Fsp3) is 0.323. The number of allylic oxidation sites excluding steroid dienone is 1. The fourth-order valence-corrected chi connectivity index (χ4v) is 7.63. The minimum Gasteiger partial charge on any atom is -0.425 e. The Labute approximate surface area is 215 Å². The molecular weight excluding hydrogens is 464 g/mol. The van der Waals surface area contributed by atoms with Crippen LogP contribution in [0.2, 0.25) is 0 Å². The molecule has 0 atom stereocenters. The summed E-state index contributed by atoms with van der Waals surface area (Å²) >= 11 is 0. The number of nitro groups is 1. The molecule has 8 rings (SSSR count). The van der Waals surface area contributed by atoms with E-state index in [2.05, 4.69) is 41.3 Å². The number of hydrogen-bond acceptors (Lipinski definition) is 5. The number of hydrogen-bond donors (Lipinski definition) is 0. The van der Waals surface area contributed by atoms with Crippen LogP contribution in [0.5, 0.6) is 5.75 Å². The molecule has 1 heterocycles. The van der Waals surface area contributed by atoms with Crippen molar-refractivity contribution in [1.82, 2.24) is 0 Å². The number of carbonyl (C=O) groups is 1. The molecule has 5 aliphatic rings.